The van der Waals surface area contributed by atoms with E-state index in [9.17, 15) is 39.0 Å². The lowest BCUT2D eigenvalue weighted by Gasteiger charge is -2.24. The SMILES string of the molecule is O=CCC1(O)CC(=O)OOC(=O)C(O)(CC(=O)O)CC(=O)OOC1=O. The maximum absolute atomic E-state index is 11.7. The molecule has 0 amide bonds. The molecular formula is C12H12O13. The minimum atomic E-state index is -2.99. The van der Waals surface area contributed by atoms with Crippen LogP contribution in [-0.2, 0) is 48.3 Å². The molecule has 0 aromatic carbocycles. The number of carboxylic acids is 1. The molecule has 13 heteroatoms. The molecule has 1 aliphatic rings. The summed E-state index contributed by atoms with van der Waals surface area (Å²) in [7, 11) is 0. The third-order valence-electron chi connectivity index (χ3n) is 2.92. The molecule has 138 valence electrons. The van der Waals surface area contributed by atoms with E-state index in [4.69, 9.17) is 5.11 Å². The first-order chi connectivity index (χ1) is 11.5. The Morgan fingerprint density at radius 2 is 1.36 bits per heavy atom. The molecule has 0 aromatic rings. The number of carbonyl (C=O) groups excluding carboxylic acids is 5. The third-order valence-corrected chi connectivity index (χ3v) is 2.92. The van der Waals surface area contributed by atoms with Crippen molar-refractivity contribution in [2.24, 2.45) is 0 Å². The van der Waals surface area contributed by atoms with Gasteiger partial charge in [0.2, 0.25) is 0 Å². The highest BCUT2D eigenvalue weighted by atomic mass is 17.2. The molecule has 1 aliphatic heterocycles. The Bertz CT molecular complexity index is 610. The first-order valence-corrected chi connectivity index (χ1v) is 6.46. The second kappa shape index (κ2) is 7.67. The standard InChI is InChI=1S/C12H12O13/c13-2-1-11(20)4-7(16)22-25-10(19)12(21,3-6(14)15)5-8(17)23-24-9(11)18/h2,20-21H,1,3-5H2,(H,14,15). The Morgan fingerprint density at radius 3 is 1.80 bits per heavy atom. The van der Waals surface area contributed by atoms with E-state index in [1.165, 1.54) is 0 Å². The molecule has 0 spiro atoms. The zero-order valence-electron chi connectivity index (χ0n) is 12.3. The molecular weight excluding hydrogens is 352 g/mol. The van der Waals surface area contributed by atoms with Crippen LogP contribution >= 0.6 is 0 Å². The fourth-order valence-electron chi connectivity index (χ4n) is 1.68. The number of aliphatic hydroxyl groups is 2. The summed E-state index contributed by atoms with van der Waals surface area (Å²) in [5.74, 6) is -8.40. The summed E-state index contributed by atoms with van der Waals surface area (Å²) >= 11 is 0. The summed E-state index contributed by atoms with van der Waals surface area (Å²) in [5, 5.41) is 28.5. The molecule has 3 N–H and O–H groups in total. The van der Waals surface area contributed by atoms with E-state index in [2.05, 4.69) is 19.6 Å². The summed E-state index contributed by atoms with van der Waals surface area (Å²) in [6.07, 6.45) is -4.82. The zero-order chi connectivity index (χ0) is 19.3. The van der Waals surface area contributed by atoms with Crippen LogP contribution in [0.4, 0.5) is 0 Å². The number of carbonyl (C=O) groups is 6. The van der Waals surface area contributed by atoms with Gasteiger partial charge in [0, 0.05) is 6.42 Å². The lowest BCUT2D eigenvalue weighted by Crippen LogP contribution is -2.47. The van der Waals surface area contributed by atoms with Gasteiger partial charge in [-0.05, 0) is 0 Å². The Balaban J connectivity index is 3.09. The lowest BCUT2D eigenvalue weighted by atomic mass is 9.96. The number of rotatable bonds is 4. The van der Waals surface area contributed by atoms with Crippen LogP contribution in [-0.4, -0.2) is 62.7 Å². The van der Waals surface area contributed by atoms with Crippen molar-refractivity contribution in [3.8, 4) is 0 Å². The summed E-state index contributed by atoms with van der Waals surface area (Å²) in [4.78, 5) is 83.3. The molecule has 2 unspecified atom stereocenters. The second-order valence-electron chi connectivity index (χ2n) is 5.01. The molecule has 0 radical (unpaired) electrons. The fraction of sp³-hybridized carbons (Fsp3) is 0.500. The van der Waals surface area contributed by atoms with Gasteiger partial charge < -0.3 is 20.1 Å². The maximum atomic E-state index is 11.7. The van der Waals surface area contributed by atoms with Crippen LogP contribution < -0.4 is 0 Å². The highest BCUT2D eigenvalue weighted by Crippen LogP contribution is 2.23. The highest BCUT2D eigenvalue weighted by molar-refractivity contribution is 5.91. The minimum absolute atomic E-state index is 0.0554. The molecule has 0 saturated carbocycles. The highest BCUT2D eigenvalue weighted by Gasteiger charge is 2.47. The van der Waals surface area contributed by atoms with Crippen molar-refractivity contribution in [1.29, 1.82) is 0 Å². The molecule has 13 nitrogen and oxygen atoms in total. The first kappa shape index (κ1) is 20.0. The first-order valence-electron chi connectivity index (χ1n) is 6.46. The zero-order valence-corrected chi connectivity index (χ0v) is 12.3. The van der Waals surface area contributed by atoms with Crippen LogP contribution in [0.25, 0.3) is 0 Å². The third kappa shape index (κ3) is 5.22. The largest absolute Gasteiger partial charge is 0.481 e. The van der Waals surface area contributed by atoms with Crippen molar-refractivity contribution < 1.29 is 63.6 Å². The number of hydrogen-bond donors (Lipinski definition) is 3. The van der Waals surface area contributed by atoms with Crippen LogP contribution in [0.2, 0.25) is 0 Å². The second-order valence-corrected chi connectivity index (χ2v) is 5.01. The van der Waals surface area contributed by atoms with Crippen LogP contribution in [0.3, 0.4) is 0 Å². The Labute approximate surface area is 137 Å². The van der Waals surface area contributed by atoms with Crippen molar-refractivity contribution in [2.75, 3.05) is 0 Å². The predicted molar refractivity (Wildman–Crippen MR) is 66.4 cm³/mol. The molecule has 2 atom stereocenters. The van der Waals surface area contributed by atoms with Gasteiger partial charge in [-0.2, -0.15) is 0 Å². The topological polar surface area (TPSA) is 200 Å². The van der Waals surface area contributed by atoms with E-state index in [1.807, 2.05) is 0 Å². The molecule has 1 rings (SSSR count). The van der Waals surface area contributed by atoms with Gasteiger partial charge in [-0.3, -0.25) is 4.79 Å². The average molecular weight is 364 g/mol. The van der Waals surface area contributed by atoms with Crippen LogP contribution in [0.5, 0.6) is 0 Å². The van der Waals surface area contributed by atoms with Crippen LogP contribution in [0, 0.1) is 0 Å². The molecule has 0 aromatic heterocycles. The van der Waals surface area contributed by atoms with E-state index in [-0.39, 0.29) is 6.29 Å². The van der Waals surface area contributed by atoms with Gasteiger partial charge in [0.15, 0.2) is 11.2 Å². The van der Waals surface area contributed by atoms with Crippen molar-refractivity contribution in [3.05, 3.63) is 0 Å². The van der Waals surface area contributed by atoms with Crippen molar-refractivity contribution in [3.63, 3.8) is 0 Å². The van der Waals surface area contributed by atoms with Crippen molar-refractivity contribution in [1.82, 2.24) is 0 Å². The molecule has 1 heterocycles. The fourth-order valence-corrected chi connectivity index (χ4v) is 1.68. The van der Waals surface area contributed by atoms with Gasteiger partial charge in [-0.25, -0.2) is 38.7 Å². The summed E-state index contributed by atoms with van der Waals surface area (Å²) in [5.41, 5.74) is -5.77. The quantitative estimate of drug-likeness (QED) is 0.344. The van der Waals surface area contributed by atoms with Crippen molar-refractivity contribution >= 4 is 36.1 Å². The van der Waals surface area contributed by atoms with E-state index < -0.39 is 66.7 Å². The van der Waals surface area contributed by atoms with E-state index in [0.29, 0.717) is 0 Å². The Kier molecular flexibility index (Phi) is 6.13. The van der Waals surface area contributed by atoms with E-state index in [0.717, 1.165) is 0 Å². The molecule has 1 fully saturated rings. The summed E-state index contributed by atoms with van der Waals surface area (Å²) < 4.78 is 0. The maximum Gasteiger partial charge on any atom is 0.387 e. The summed E-state index contributed by atoms with van der Waals surface area (Å²) in [6.45, 7) is 0. The van der Waals surface area contributed by atoms with E-state index in [1.54, 1.807) is 0 Å². The predicted octanol–water partition coefficient (Wildman–Crippen LogP) is -2.69. The monoisotopic (exact) mass is 364 g/mol. The van der Waals surface area contributed by atoms with Gasteiger partial charge in [0.05, 0.1) is 19.3 Å². The van der Waals surface area contributed by atoms with Gasteiger partial charge >= 0.3 is 29.8 Å². The molecule has 0 bridgehead atoms. The van der Waals surface area contributed by atoms with Crippen LogP contribution in [0.1, 0.15) is 25.7 Å². The normalized spacial score (nSPS) is 28.4. The molecule has 1 saturated heterocycles. The number of hydrogen-bond acceptors (Lipinski definition) is 12. The van der Waals surface area contributed by atoms with Gasteiger partial charge in [0.25, 0.3) is 0 Å². The van der Waals surface area contributed by atoms with Gasteiger partial charge in [-0.1, -0.05) is 0 Å². The number of aliphatic carboxylic acids is 1. The Morgan fingerprint density at radius 1 is 0.920 bits per heavy atom. The molecule has 0 aliphatic carbocycles. The molecule has 25 heavy (non-hydrogen) atoms. The smallest absolute Gasteiger partial charge is 0.387 e. The summed E-state index contributed by atoms with van der Waals surface area (Å²) in [6, 6.07) is 0. The number of aldehydes is 1. The minimum Gasteiger partial charge on any atom is -0.481 e. The Hall–Kier alpha value is -3.06. The number of carboxylic acid groups (broad SMARTS) is 1. The van der Waals surface area contributed by atoms with Crippen molar-refractivity contribution in [2.45, 2.75) is 36.9 Å². The lowest BCUT2D eigenvalue weighted by molar-refractivity contribution is -0.287. The van der Waals surface area contributed by atoms with Crippen LogP contribution in [0.15, 0.2) is 0 Å². The van der Waals surface area contributed by atoms with Gasteiger partial charge in [0.1, 0.15) is 6.29 Å². The van der Waals surface area contributed by atoms with E-state index >= 15 is 0 Å². The van der Waals surface area contributed by atoms with Gasteiger partial charge in [-0.15, -0.1) is 0 Å². The average Bonchev–Trinajstić information content (AvgIpc) is 2.48.